The molecule has 0 aromatic carbocycles. The third kappa shape index (κ3) is 1.87. The van der Waals surface area contributed by atoms with Crippen LogP contribution in [0.4, 0.5) is 0 Å². The van der Waals surface area contributed by atoms with Gasteiger partial charge in [0.25, 0.3) is 0 Å². The SMILES string of the molecule is Cc1csc(C(N)c2csc(C)c2)n1. The van der Waals surface area contributed by atoms with E-state index in [-0.39, 0.29) is 6.04 Å². The van der Waals surface area contributed by atoms with E-state index in [9.17, 15) is 0 Å². The Balaban J connectivity index is 2.28. The first-order valence-electron chi connectivity index (χ1n) is 4.39. The van der Waals surface area contributed by atoms with Crippen LogP contribution < -0.4 is 5.73 Å². The van der Waals surface area contributed by atoms with Crippen LogP contribution in [0.1, 0.15) is 27.2 Å². The van der Waals surface area contributed by atoms with E-state index in [2.05, 4.69) is 23.4 Å². The molecule has 2 aromatic heterocycles. The number of hydrogen-bond donors (Lipinski definition) is 1. The molecule has 0 amide bonds. The molecule has 1 atom stereocenters. The highest BCUT2D eigenvalue weighted by Crippen LogP contribution is 2.26. The smallest absolute Gasteiger partial charge is 0.114 e. The van der Waals surface area contributed by atoms with Gasteiger partial charge in [0.2, 0.25) is 0 Å². The minimum absolute atomic E-state index is 0.0568. The van der Waals surface area contributed by atoms with Crippen molar-refractivity contribution in [3.63, 3.8) is 0 Å². The van der Waals surface area contributed by atoms with Crippen LogP contribution in [0.3, 0.4) is 0 Å². The first kappa shape index (κ1) is 9.83. The zero-order chi connectivity index (χ0) is 10.1. The highest BCUT2D eigenvalue weighted by Gasteiger charge is 2.13. The van der Waals surface area contributed by atoms with Gasteiger partial charge in [-0.05, 0) is 30.9 Å². The predicted octanol–water partition coefficient (Wildman–Crippen LogP) is 2.87. The molecule has 2 aromatic rings. The number of nitrogens with two attached hydrogens (primary N) is 1. The summed E-state index contributed by atoms with van der Waals surface area (Å²) in [6.07, 6.45) is 0. The molecule has 0 aliphatic heterocycles. The van der Waals surface area contributed by atoms with Crippen LogP contribution in [-0.4, -0.2) is 4.98 Å². The van der Waals surface area contributed by atoms with Crippen LogP contribution >= 0.6 is 22.7 Å². The van der Waals surface area contributed by atoms with Crippen molar-refractivity contribution in [2.24, 2.45) is 5.73 Å². The average Bonchev–Trinajstić information content (AvgIpc) is 2.73. The molecule has 0 fully saturated rings. The lowest BCUT2D eigenvalue weighted by molar-refractivity contribution is 0.856. The maximum atomic E-state index is 6.10. The highest BCUT2D eigenvalue weighted by atomic mass is 32.1. The van der Waals surface area contributed by atoms with Gasteiger partial charge in [-0.3, -0.25) is 0 Å². The Kier molecular flexibility index (Phi) is 2.67. The van der Waals surface area contributed by atoms with E-state index in [4.69, 9.17) is 5.73 Å². The molecular weight excluding hydrogens is 212 g/mol. The topological polar surface area (TPSA) is 38.9 Å². The standard InChI is InChI=1S/C10H12N2S2/c1-6-4-14-10(12-6)9(11)8-3-7(2)13-5-8/h3-5,9H,11H2,1-2H3. The number of hydrogen-bond acceptors (Lipinski definition) is 4. The van der Waals surface area contributed by atoms with Gasteiger partial charge < -0.3 is 5.73 Å². The Bertz CT molecular complexity index is 391. The van der Waals surface area contributed by atoms with E-state index in [0.717, 1.165) is 10.7 Å². The second-order valence-electron chi connectivity index (χ2n) is 3.30. The van der Waals surface area contributed by atoms with Gasteiger partial charge in [0, 0.05) is 16.0 Å². The molecule has 2 heterocycles. The maximum absolute atomic E-state index is 6.10. The molecule has 2 nitrogen and oxygen atoms in total. The van der Waals surface area contributed by atoms with E-state index in [0.29, 0.717) is 0 Å². The molecular formula is C10H12N2S2. The molecule has 0 bridgehead atoms. The zero-order valence-electron chi connectivity index (χ0n) is 8.15. The van der Waals surface area contributed by atoms with Crippen molar-refractivity contribution >= 4 is 22.7 Å². The van der Waals surface area contributed by atoms with Crippen molar-refractivity contribution in [3.8, 4) is 0 Å². The fraction of sp³-hybridized carbons (Fsp3) is 0.300. The molecule has 74 valence electrons. The van der Waals surface area contributed by atoms with Gasteiger partial charge >= 0.3 is 0 Å². The van der Waals surface area contributed by atoms with E-state index < -0.39 is 0 Å². The highest BCUT2D eigenvalue weighted by molar-refractivity contribution is 7.10. The summed E-state index contributed by atoms with van der Waals surface area (Å²) in [5.74, 6) is 0. The van der Waals surface area contributed by atoms with Gasteiger partial charge in [-0.25, -0.2) is 4.98 Å². The first-order valence-corrected chi connectivity index (χ1v) is 6.15. The van der Waals surface area contributed by atoms with Gasteiger partial charge in [-0.1, -0.05) is 0 Å². The van der Waals surface area contributed by atoms with Crippen molar-refractivity contribution in [3.05, 3.63) is 38.0 Å². The molecule has 2 rings (SSSR count). The van der Waals surface area contributed by atoms with Crippen molar-refractivity contribution < 1.29 is 0 Å². The van der Waals surface area contributed by atoms with Crippen LogP contribution in [0, 0.1) is 13.8 Å². The number of thiazole rings is 1. The molecule has 2 N–H and O–H groups in total. The largest absolute Gasteiger partial charge is 0.318 e. The summed E-state index contributed by atoms with van der Waals surface area (Å²) in [5.41, 5.74) is 8.31. The predicted molar refractivity (Wildman–Crippen MR) is 61.9 cm³/mol. The maximum Gasteiger partial charge on any atom is 0.114 e. The van der Waals surface area contributed by atoms with Crippen molar-refractivity contribution in [1.82, 2.24) is 4.98 Å². The number of rotatable bonds is 2. The lowest BCUT2D eigenvalue weighted by atomic mass is 10.2. The van der Waals surface area contributed by atoms with Gasteiger partial charge in [0.1, 0.15) is 5.01 Å². The molecule has 0 saturated heterocycles. The second kappa shape index (κ2) is 3.81. The lowest BCUT2D eigenvalue weighted by Gasteiger charge is -2.04. The quantitative estimate of drug-likeness (QED) is 0.852. The molecule has 0 radical (unpaired) electrons. The zero-order valence-corrected chi connectivity index (χ0v) is 9.78. The Hall–Kier alpha value is -0.710. The Morgan fingerprint density at radius 1 is 1.29 bits per heavy atom. The summed E-state index contributed by atoms with van der Waals surface area (Å²) in [6, 6.07) is 2.07. The fourth-order valence-corrected chi connectivity index (χ4v) is 2.85. The molecule has 1 unspecified atom stereocenters. The van der Waals surface area contributed by atoms with Crippen LogP contribution in [0.2, 0.25) is 0 Å². The number of thiophene rings is 1. The normalized spacial score (nSPS) is 13.1. The van der Waals surface area contributed by atoms with E-state index >= 15 is 0 Å². The third-order valence-corrected chi connectivity index (χ3v) is 3.94. The summed E-state index contributed by atoms with van der Waals surface area (Å²) in [4.78, 5) is 5.69. The number of aryl methyl sites for hydroxylation is 2. The molecule has 0 spiro atoms. The second-order valence-corrected chi connectivity index (χ2v) is 5.30. The van der Waals surface area contributed by atoms with Gasteiger partial charge in [0.05, 0.1) is 6.04 Å². The molecule has 0 aliphatic rings. The van der Waals surface area contributed by atoms with Gasteiger partial charge in [-0.2, -0.15) is 0 Å². The lowest BCUT2D eigenvalue weighted by Crippen LogP contribution is -2.10. The van der Waals surface area contributed by atoms with Gasteiger partial charge in [-0.15, -0.1) is 22.7 Å². The van der Waals surface area contributed by atoms with Gasteiger partial charge in [0.15, 0.2) is 0 Å². The van der Waals surface area contributed by atoms with E-state index in [1.54, 1.807) is 22.7 Å². The first-order chi connectivity index (χ1) is 6.66. The minimum Gasteiger partial charge on any atom is -0.318 e. The van der Waals surface area contributed by atoms with Crippen LogP contribution in [-0.2, 0) is 0 Å². The van der Waals surface area contributed by atoms with Crippen molar-refractivity contribution in [2.45, 2.75) is 19.9 Å². The summed E-state index contributed by atoms with van der Waals surface area (Å²) in [6.45, 7) is 4.08. The van der Waals surface area contributed by atoms with Crippen molar-refractivity contribution in [1.29, 1.82) is 0 Å². The van der Waals surface area contributed by atoms with Crippen molar-refractivity contribution in [2.75, 3.05) is 0 Å². The summed E-state index contributed by atoms with van der Waals surface area (Å²) < 4.78 is 0. The minimum atomic E-state index is -0.0568. The van der Waals surface area contributed by atoms with E-state index in [1.807, 2.05) is 12.3 Å². The molecule has 14 heavy (non-hydrogen) atoms. The number of nitrogens with zero attached hydrogens (tertiary/aromatic N) is 1. The Morgan fingerprint density at radius 2 is 2.07 bits per heavy atom. The van der Waals surface area contributed by atoms with E-state index in [1.165, 1.54) is 10.4 Å². The van der Waals surface area contributed by atoms with Crippen LogP contribution in [0.5, 0.6) is 0 Å². The fourth-order valence-electron chi connectivity index (χ4n) is 1.28. The molecule has 4 heteroatoms. The monoisotopic (exact) mass is 224 g/mol. The Morgan fingerprint density at radius 3 is 2.57 bits per heavy atom. The third-order valence-electron chi connectivity index (χ3n) is 2.01. The Labute approximate surface area is 91.4 Å². The summed E-state index contributed by atoms with van der Waals surface area (Å²) in [7, 11) is 0. The summed E-state index contributed by atoms with van der Waals surface area (Å²) in [5, 5.41) is 5.14. The van der Waals surface area contributed by atoms with Crippen LogP contribution in [0.25, 0.3) is 0 Å². The molecule has 0 aliphatic carbocycles. The van der Waals surface area contributed by atoms with Crippen LogP contribution in [0.15, 0.2) is 16.8 Å². The molecule has 0 saturated carbocycles. The summed E-state index contributed by atoms with van der Waals surface area (Å²) >= 11 is 3.36. The average molecular weight is 224 g/mol. The number of aromatic nitrogens is 1.